The van der Waals surface area contributed by atoms with E-state index in [0.717, 1.165) is 16.8 Å². The lowest BCUT2D eigenvalue weighted by Gasteiger charge is -2.39. The zero-order valence-electron chi connectivity index (χ0n) is 22.0. The average molecular weight is 579 g/mol. The minimum Gasteiger partial charge on any atom is -0.352 e. The van der Waals surface area contributed by atoms with Crippen LogP contribution in [0.25, 0.3) is 5.57 Å². The molecule has 0 bridgehead atoms. The highest BCUT2D eigenvalue weighted by Gasteiger charge is 2.70. The number of nitrogens with one attached hydrogen (secondary N) is 1. The van der Waals surface area contributed by atoms with E-state index in [1.807, 2.05) is 66.4 Å². The van der Waals surface area contributed by atoms with Crippen molar-refractivity contribution in [3.63, 3.8) is 0 Å². The number of Topliss-reactive ketones (excluding diaryl/α,β-unsaturated/α-hetero) is 2. The number of amides is 1. The zero-order chi connectivity index (χ0) is 28.5. The summed E-state index contributed by atoms with van der Waals surface area (Å²) in [6.45, 7) is 2.01. The second kappa shape index (κ2) is 9.44. The first-order valence-corrected chi connectivity index (χ1v) is 14.1. The number of carbonyl (C=O) groups is 3. The Hall–Kier alpha value is -4.19. The molecule has 0 unspecified atom stereocenters. The molecule has 4 atom stereocenters. The Balaban J connectivity index is 1.55. The van der Waals surface area contributed by atoms with Gasteiger partial charge in [0.05, 0.1) is 12.0 Å². The fourth-order valence-electron chi connectivity index (χ4n) is 6.97. The van der Waals surface area contributed by atoms with E-state index in [2.05, 4.69) is 5.32 Å². The molecule has 0 aliphatic carbocycles. The van der Waals surface area contributed by atoms with E-state index in [1.165, 1.54) is 0 Å². The van der Waals surface area contributed by atoms with E-state index in [-0.39, 0.29) is 17.5 Å². The summed E-state index contributed by atoms with van der Waals surface area (Å²) in [7, 11) is 0. The van der Waals surface area contributed by atoms with E-state index >= 15 is 0 Å². The molecule has 3 aliphatic rings. The molecule has 1 saturated heterocycles. The highest BCUT2D eigenvalue weighted by molar-refractivity contribution is 6.31. The first-order chi connectivity index (χ1) is 19.8. The maximum Gasteiger partial charge on any atom is 0.238 e. The quantitative estimate of drug-likeness (QED) is 0.259. The first-order valence-electron chi connectivity index (χ1n) is 13.4. The van der Waals surface area contributed by atoms with Gasteiger partial charge in [0.2, 0.25) is 5.91 Å². The largest absolute Gasteiger partial charge is 0.352 e. The van der Waals surface area contributed by atoms with Crippen LogP contribution in [0.5, 0.6) is 0 Å². The van der Waals surface area contributed by atoms with Crippen molar-refractivity contribution in [1.82, 2.24) is 0 Å². The Morgan fingerprint density at radius 2 is 1.37 bits per heavy atom. The van der Waals surface area contributed by atoms with Gasteiger partial charge in [-0.15, -0.1) is 0 Å². The fraction of sp³-hybridized carbons (Fsp3) is 0.147. The van der Waals surface area contributed by atoms with Crippen molar-refractivity contribution < 1.29 is 14.4 Å². The van der Waals surface area contributed by atoms with Gasteiger partial charge in [0.15, 0.2) is 11.6 Å². The molecule has 4 aromatic carbocycles. The van der Waals surface area contributed by atoms with Gasteiger partial charge in [-0.2, -0.15) is 0 Å². The normalized spacial score (nSPS) is 23.9. The summed E-state index contributed by atoms with van der Waals surface area (Å²) in [6, 6.07) is 27.0. The summed E-state index contributed by atoms with van der Waals surface area (Å²) in [5.74, 6) is -1.89. The number of halogens is 2. The molecule has 41 heavy (non-hydrogen) atoms. The predicted molar refractivity (Wildman–Crippen MR) is 162 cm³/mol. The van der Waals surface area contributed by atoms with Gasteiger partial charge in [0, 0.05) is 38.1 Å². The number of hydrogen-bond donors (Lipinski definition) is 1. The van der Waals surface area contributed by atoms with Crippen molar-refractivity contribution in [3.05, 3.63) is 135 Å². The highest BCUT2D eigenvalue weighted by Crippen LogP contribution is 2.58. The number of nitrogens with zero attached hydrogens (tertiary/aromatic N) is 1. The lowest BCUT2D eigenvalue weighted by molar-refractivity contribution is -0.121. The lowest BCUT2D eigenvalue weighted by Crippen LogP contribution is -2.51. The Labute approximate surface area is 247 Å². The van der Waals surface area contributed by atoms with Crippen LogP contribution in [0.3, 0.4) is 0 Å². The van der Waals surface area contributed by atoms with E-state index in [9.17, 15) is 14.4 Å². The van der Waals surface area contributed by atoms with Crippen molar-refractivity contribution in [1.29, 1.82) is 0 Å². The third kappa shape index (κ3) is 3.66. The van der Waals surface area contributed by atoms with Crippen LogP contribution in [0, 0.1) is 5.92 Å². The monoisotopic (exact) mass is 578 g/mol. The molecular weight excluding hydrogens is 555 g/mol. The highest BCUT2D eigenvalue weighted by atomic mass is 35.5. The van der Waals surface area contributed by atoms with Gasteiger partial charge >= 0.3 is 0 Å². The van der Waals surface area contributed by atoms with Crippen LogP contribution < -0.4 is 10.2 Å². The Morgan fingerprint density at radius 3 is 2.05 bits per heavy atom. The van der Waals surface area contributed by atoms with Crippen molar-refractivity contribution in [3.8, 4) is 0 Å². The number of ketones is 2. The second-order valence-electron chi connectivity index (χ2n) is 10.8. The zero-order valence-corrected chi connectivity index (χ0v) is 23.5. The molecule has 3 aliphatic heterocycles. The van der Waals surface area contributed by atoms with Crippen molar-refractivity contribution in [2.75, 3.05) is 10.2 Å². The molecule has 5 nitrogen and oxygen atoms in total. The van der Waals surface area contributed by atoms with Crippen LogP contribution in [0.15, 0.2) is 103 Å². The van der Waals surface area contributed by atoms with E-state index in [0.29, 0.717) is 32.4 Å². The average Bonchev–Trinajstić information content (AvgIpc) is 3.45. The van der Waals surface area contributed by atoms with Crippen LogP contribution in [-0.2, 0) is 10.2 Å². The number of benzene rings is 4. The predicted octanol–water partition coefficient (Wildman–Crippen LogP) is 7.24. The summed E-state index contributed by atoms with van der Waals surface area (Å²) in [6.07, 6.45) is 2.04. The number of para-hydroxylation sites is 2. The molecule has 0 saturated carbocycles. The number of rotatable bonds is 4. The summed E-state index contributed by atoms with van der Waals surface area (Å²) >= 11 is 12.3. The lowest BCUT2D eigenvalue weighted by atomic mass is 9.64. The molecule has 7 heteroatoms. The number of anilines is 2. The van der Waals surface area contributed by atoms with Gasteiger partial charge in [0.25, 0.3) is 0 Å². The van der Waals surface area contributed by atoms with Crippen LogP contribution in [-0.4, -0.2) is 29.6 Å². The third-order valence-corrected chi connectivity index (χ3v) is 9.20. The van der Waals surface area contributed by atoms with Crippen LogP contribution in [0.1, 0.15) is 38.8 Å². The van der Waals surface area contributed by atoms with Gasteiger partial charge < -0.3 is 10.2 Å². The van der Waals surface area contributed by atoms with Crippen LogP contribution >= 0.6 is 23.2 Å². The molecular formula is C34H24Cl2N2O3. The molecule has 3 heterocycles. The minimum absolute atomic E-state index is 0.254. The maximum atomic E-state index is 14.8. The van der Waals surface area contributed by atoms with Gasteiger partial charge in [-0.3, -0.25) is 14.4 Å². The van der Waals surface area contributed by atoms with Crippen molar-refractivity contribution >= 4 is 57.6 Å². The van der Waals surface area contributed by atoms with Gasteiger partial charge in [-0.25, -0.2) is 0 Å². The topological polar surface area (TPSA) is 66.5 Å². The van der Waals surface area contributed by atoms with Crippen LogP contribution in [0.4, 0.5) is 11.4 Å². The maximum absolute atomic E-state index is 14.8. The molecule has 1 N–H and O–H groups in total. The van der Waals surface area contributed by atoms with Crippen molar-refractivity contribution in [2.24, 2.45) is 5.92 Å². The summed E-state index contributed by atoms with van der Waals surface area (Å²) in [5.41, 5.74) is 3.55. The smallest absolute Gasteiger partial charge is 0.238 e. The summed E-state index contributed by atoms with van der Waals surface area (Å²) in [5, 5.41) is 4.05. The standard InChI is InChI=1S/C34H24Cl2N2O3/c1-19-18-28-34(25-7-3-4-8-26(25)37-33(34)41)29(31(39)20-10-14-22(35)15-11-20)30(32(40)21-12-16-23(36)17-13-21)38(28)27-9-5-2-6-24(19)27/h2-18,28-30H,1H3,(H,37,41)/t28-,29+,30-,34-/m1/s1. The fourth-order valence-corrected chi connectivity index (χ4v) is 7.22. The summed E-state index contributed by atoms with van der Waals surface area (Å²) < 4.78 is 0. The first kappa shape index (κ1) is 25.8. The van der Waals surface area contributed by atoms with Crippen LogP contribution in [0.2, 0.25) is 10.0 Å². The molecule has 7 rings (SSSR count). The third-order valence-electron chi connectivity index (χ3n) is 8.69. The number of carbonyl (C=O) groups excluding carboxylic acids is 3. The number of allylic oxidation sites excluding steroid dienone is 1. The van der Waals surface area contributed by atoms with E-state index in [1.54, 1.807) is 48.5 Å². The van der Waals surface area contributed by atoms with Gasteiger partial charge in [0.1, 0.15) is 11.5 Å². The molecule has 0 radical (unpaired) electrons. The Bertz CT molecular complexity index is 1780. The van der Waals surface area contributed by atoms with Gasteiger partial charge in [-0.05, 0) is 78.7 Å². The van der Waals surface area contributed by atoms with E-state index in [4.69, 9.17) is 23.2 Å². The molecule has 1 spiro atoms. The summed E-state index contributed by atoms with van der Waals surface area (Å²) in [4.78, 5) is 45.8. The Morgan fingerprint density at radius 1 is 0.780 bits per heavy atom. The second-order valence-corrected chi connectivity index (χ2v) is 11.6. The van der Waals surface area contributed by atoms with Crippen molar-refractivity contribution in [2.45, 2.75) is 24.4 Å². The number of fused-ring (bicyclic) bond motifs is 6. The molecule has 0 aromatic heterocycles. The molecule has 202 valence electrons. The molecule has 4 aromatic rings. The minimum atomic E-state index is -1.37. The van der Waals surface area contributed by atoms with Gasteiger partial charge in [-0.1, -0.05) is 65.7 Å². The SMILES string of the molecule is CC1=C[C@H]2N(c3ccccc31)[C@@H](C(=O)c1ccc(Cl)cc1)[C@@H](C(=O)c1ccc(Cl)cc1)[C@]21C(=O)Nc2ccccc21. The molecule has 1 amide bonds. The Kier molecular flexibility index (Phi) is 5.93. The number of hydrogen-bond acceptors (Lipinski definition) is 4. The van der Waals surface area contributed by atoms with E-state index < -0.39 is 23.4 Å². The molecule has 1 fully saturated rings.